The molecule has 1 fully saturated rings. The third kappa shape index (κ3) is 2.60. The third-order valence-electron chi connectivity index (χ3n) is 3.06. The highest BCUT2D eigenvalue weighted by molar-refractivity contribution is 7.91. The first-order valence-electron chi connectivity index (χ1n) is 5.59. The average molecular weight is 285 g/mol. The summed E-state index contributed by atoms with van der Waals surface area (Å²) in [5, 5.41) is 9.64. The van der Waals surface area contributed by atoms with Crippen LogP contribution in [-0.2, 0) is 9.84 Å². The minimum absolute atomic E-state index is 0.115. The van der Waals surface area contributed by atoms with Gasteiger partial charge in [-0.25, -0.2) is 8.42 Å². The lowest BCUT2D eigenvalue weighted by Gasteiger charge is -2.35. The summed E-state index contributed by atoms with van der Waals surface area (Å²) < 4.78 is 23.1. The van der Waals surface area contributed by atoms with E-state index in [9.17, 15) is 8.42 Å². The van der Waals surface area contributed by atoms with Gasteiger partial charge in [0, 0.05) is 17.6 Å². The summed E-state index contributed by atoms with van der Waals surface area (Å²) in [6, 6.07) is 7.01. The molecule has 6 heteroatoms. The second-order valence-electron chi connectivity index (χ2n) is 4.43. The monoisotopic (exact) mass is 284 g/mol. The van der Waals surface area contributed by atoms with Gasteiger partial charge in [0.1, 0.15) is 6.07 Å². The van der Waals surface area contributed by atoms with Crippen LogP contribution in [-0.4, -0.2) is 32.5 Å². The Morgan fingerprint density at radius 3 is 2.83 bits per heavy atom. The Labute approximate surface area is 112 Å². The van der Waals surface area contributed by atoms with Gasteiger partial charge in [-0.05, 0) is 25.1 Å². The fourth-order valence-corrected chi connectivity index (χ4v) is 3.92. The molecular formula is C12H13ClN2O2S. The number of halogens is 1. The van der Waals surface area contributed by atoms with Crippen LogP contribution < -0.4 is 4.90 Å². The van der Waals surface area contributed by atoms with Gasteiger partial charge >= 0.3 is 0 Å². The number of hydrogen-bond acceptors (Lipinski definition) is 4. The van der Waals surface area contributed by atoms with E-state index >= 15 is 0 Å². The van der Waals surface area contributed by atoms with Crippen molar-refractivity contribution in [3.63, 3.8) is 0 Å². The van der Waals surface area contributed by atoms with Crippen molar-refractivity contribution < 1.29 is 8.42 Å². The minimum atomic E-state index is -2.96. The van der Waals surface area contributed by atoms with Gasteiger partial charge < -0.3 is 4.90 Å². The molecule has 1 aliphatic heterocycles. The van der Waals surface area contributed by atoms with Crippen LogP contribution in [0.2, 0.25) is 5.02 Å². The second kappa shape index (κ2) is 4.79. The SMILES string of the molecule is CC1CS(=O)(=O)CCN1c1cc(Cl)ccc1C#N. The van der Waals surface area contributed by atoms with Crippen molar-refractivity contribution in [3.05, 3.63) is 28.8 Å². The van der Waals surface area contributed by atoms with Crippen LogP contribution in [0.5, 0.6) is 0 Å². The van der Waals surface area contributed by atoms with Gasteiger partial charge in [0.25, 0.3) is 0 Å². The Balaban J connectivity index is 2.38. The molecule has 0 amide bonds. The molecule has 1 aromatic carbocycles. The molecule has 0 spiro atoms. The second-order valence-corrected chi connectivity index (χ2v) is 7.10. The van der Waals surface area contributed by atoms with E-state index in [2.05, 4.69) is 6.07 Å². The summed E-state index contributed by atoms with van der Waals surface area (Å²) in [4.78, 5) is 1.94. The van der Waals surface area contributed by atoms with E-state index in [1.54, 1.807) is 18.2 Å². The number of nitrogens with zero attached hydrogens (tertiary/aromatic N) is 2. The number of anilines is 1. The first kappa shape index (κ1) is 13.2. The highest BCUT2D eigenvalue weighted by atomic mass is 35.5. The van der Waals surface area contributed by atoms with Gasteiger partial charge in [-0.3, -0.25) is 0 Å². The zero-order chi connectivity index (χ0) is 13.3. The lowest BCUT2D eigenvalue weighted by molar-refractivity contribution is 0.568. The summed E-state index contributed by atoms with van der Waals surface area (Å²) >= 11 is 5.94. The van der Waals surface area contributed by atoms with Crippen molar-refractivity contribution >= 4 is 27.1 Å². The van der Waals surface area contributed by atoms with E-state index in [0.717, 1.165) is 0 Å². The van der Waals surface area contributed by atoms with Gasteiger partial charge in [0.15, 0.2) is 9.84 Å². The summed E-state index contributed by atoms with van der Waals surface area (Å²) in [7, 11) is -2.96. The molecule has 96 valence electrons. The van der Waals surface area contributed by atoms with E-state index in [1.807, 2.05) is 11.8 Å². The summed E-state index contributed by atoms with van der Waals surface area (Å²) in [5.41, 5.74) is 1.23. The Morgan fingerprint density at radius 2 is 2.22 bits per heavy atom. The first-order chi connectivity index (χ1) is 8.43. The maximum absolute atomic E-state index is 11.5. The van der Waals surface area contributed by atoms with Crippen LogP contribution in [0.3, 0.4) is 0 Å². The van der Waals surface area contributed by atoms with Gasteiger partial charge in [-0.1, -0.05) is 11.6 Å². The molecule has 1 heterocycles. The lowest BCUT2D eigenvalue weighted by atomic mass is 10.1. The van der Waals surface area contributed by atoms with Crippen LogP contribution in [0.1, 0.15) is 12.5 Å². The number of hydrogen-bond donors (Lipinski definition) is 0. The van der Waals surface area contributed by atoms with Crippen LogP contribution in [0.4, 0.5) is 5.69 Å². The highest BCUT2D eigenvalue weighted by Gasteiger charge is 2.29. The van der Waals surface area contributed by atoms with E-state index in [-0.39, 0.29) is 17.5 Å². The van der Waals surface area contributed by atoms with Crippen molar-refractivity contribution in [2.75, 3.05) is 23.0 Å². The van der Waals surface area contributed by atoms with E-state index in [4.69, 9.17) is 16.9 Å². The molecule has 1 aromatic rings. The van der Waals surface area contributed by atoms with E-state index in [1.165, 1.54) is 0 Å². The molecule has 1 saturated heterocycles. The molecule has 0 radical (unpaired) electrons. The van der Waals surface area contributed by atoms with Crippen LogP contribution in [0, 0.1) is 11.3 Å². The van der Waals surface area contributed by atoms with Crippen molar-refractivity contribution in [3.8, 4) is 6.07 Å². The predicted molar refractivity (Wildman–Crippen MR) is 71.6 cm³/mol. The smallest absolute Gasteiger partial charge is 0.154 e. The van der Waals surface area contributed by atoms with Crippen LogP contribution in [0.25, 0.3) is 0 Å². The summed E-state index contributed by atoms with van der Waals surface area (Å²) in [5.74, 6) is 0.235. The molecule has 0 aliphatic carbocycles. The highest BCUT2D eigenvalue weighted by Crippen LogP contribution is 2.28. The van der Waals surface area contributed by atoms with Crippen molar-refractivity contribution in [2.45, 2.75) is 13.0 Å². The topological polar surface area (TPSA) is 61.2 Å². The lowest BCUT2D eigenvalue weighted by Crippen LogP contribution is -2.47. The molecular weight excluding hydrogens is 272 g/mol. The molecule has 0 bridgehead atoms. The van der Waals surface area contributed by atoms with E-state index < -0.39 is 9.84 Å². The molecule has 0 N–H and O–H groups in total. The number of sulfone groups is 1. The summed E-state index contributed by atoms with van der Waals surface area (Å²) in [6.45, 7) is 2.25. The quantitative estimate of drug-likeness (QED) is 0.789. The Morgan fingerprint density at radius 1 is 1.50 bits per heavy atom. The Bertz CT molecular complexity index is 607. The van der Waals surface area contributed by atoms with Gasteiger partial charge in [0.05, 0.1) is 22.8 Å². The van der Waals surface area contributed by atoms with Gasteiger partial charge in [-0.2, -0.15) is 5.26 Å². The number of benzene rings is 1. The maximum Gasteiger partial charge on any atom is 0.154 e. The Kier molecular flexibility index (Phi) is 3.51. The zero-order valence-electron chi connectivity index (χ0n) is 9.93. The minimum Gasteiger partial charge on any atom is -0.366 e. The number of nitriles is 1. The van der Waals surface area contributed by atoms with E-state index in [0.29, 0.717) is 22.8 Å². The normalized spacial score (nSPS) is 22.5. The van der Waals surface area contributed by atoms with Crippen molar-refractivity contribution in [1.29, 1.82) is 5.26 Å². The molecule has 2 rings (SSSR count). The molecule has 0 saturated carbocycles. The molecule has 4 nitrogen and oxygen atoms in total. The molecule has 0 aromatic heterocycles. The molecule has 18 heavy (non-hydrogen) atoms. The number of rotatable bonds is 1. The van der Waals surface area contributed by atoms with Crippen molar-refractivity contribution in [2.24, 2.45) is 0 Å². The maximum atomic E-state index is 11.5. The largest absolute Gasteiger partial charge is 0.366 e. The fourth-order valence-electron chi connectivity index (χ4n) is 2.19. The fraction of sp³-hybridized carbons (Fsp3) is 0.417. The summed E-state index contributed by atoms with van der Waals surface area (Å²) in [6.07, 6.45) is 0. The molecule has 1 atom stereocenters. The van der Waals surface area contributed by atoms with Crippen LogP contribution in [0.15, 0.2) is 18.2 Å². The standard InChI is InChI=1S/C12H13ClN2O2S/c1-9-8-18(16,17)5-4-15(9)12-6-11(13)3-2-10(12)7-14/h2-3,6,9H,4-5,8H2,1H3. The van der Waals surface area contributed by atoms with Gasteiger partial charge in [-0.15, -0.1) is 0 Å². The zero-order valence-corrected chi connectivity index (χ0v) is 11.5. The van der Waals surface area contributed by atoms with Crippen LogP contribution >= 0.6 is 11.6 Å². The first-order valence-corrected chi connectivity index (χ1v) is 7.79. The molecule has 1 aliphatic rings. The van der Waals surface area contributed by atoms with Crippen molar-refractivity contribution in [1.82, 2.24) is 0 Å². The van der Waals surface area contributed by atoms with Gasteiger partial charge in [0.2, 0.25) is 0 Å². The molecule has 1 unspecified atom stereocenters. The predicted octanol–water partition coefficient (Wildman–Crippen LogP) is 1.83. The average Bonchev–Trinajstić information content (AvgIpc) is 2.28. The Hall–Kier alpha value is -1.25. The third-order valence-corrected chi connectivity index (χ3v) is 5.09.